The fourth-order valence-corrected chi connectivity index (χ4v) is 3.09. The van der Waals surface area contributed by atoms with E-state index in [-0.39, 0.29) is 17.7 Å². The molecule has 0 aliphatic heterocycles. The molecule has 0 atom stereocenters. The standard InChI is InChI=1S/C25H20ClFN2O2/c1-16-5-3-8-24(17(16)2)29-25(30)19(14-28)13-18-9-11-20(12-10-18)31-15-21-22(26)6-4-7-23(21)27/h3-13H,15H2,1-2H3,(H,29,30)/b19-13-. The number of carbonyl (C=O) groups is 1. The van der Waals surface area contributed by atoms with Crippen LogP contribution in [0.2, 0.25) is 5.02 Å². The van der Waals surface area contributed by atoms with Crippen LogP contribution in [0.1, 0.15) is 22.3 Å². The summed E-state index contributed by atoms with van der Waals surface area (Å²) in [5.74, 6) is -0.402. The minimum atomic E-state index is -0.481. The lowest BCUT2D eigenvalue weighted by molar-refractivity contribution is -0.112. The van der Waals surface area contributed by atoms with E-state index >= 15 is 0 Å². The summed E-state index contributed by atoms with van der Waals surface area (Å²) in [4.78, 5) is 12.5. The SMILES string of the molecule is Cc1cccc(NC(=O)/C(C#N)=C\c2ccc(OCc3c(F)cccc3Cl)cc2)c1C. The minimum absolute atomic E-state index is 0.0115. The number of nitrogens with one attached hydrogen (secondary N) is 1. The highest BCUT2D eigenvalue weighted by Crippen LogP contribution is 2.23. The van der Waals surface area contributed by atoms with Gasteiger partial charge in [-0.15, -0.1) is 0 Å². The highest BCUT2D eigenvalue weighted by molar-refractivity contribution is 6.31. The fraction of sp³-hybridized carbons (Fsp3) is 0.120. The first-order chi connectivity index (χ1) is 14.9. The van der Waals surface area contributed by atoms with Crippen LogP contribution in [0.4, 0.5) is 10.1 Å². The van der Waals surface area contributed by atoms with Crippen molar-refractivity contribution in [2.75, 3.05) is 5.32 Å². The molecule has 3 rings (SSSR count). The molecule has 0 saturated heterocycles. The Morgan fingerprint density at radius 3 is 2.52 bits per heavy atom. The van der Waals surface area contributed by atoms with Crippen LogP contribution in [0.25, 0.3) is 6.08 Å². The molecule has 1 amide bonds. The van der Waals surface area contributed by atoms with Crippen LogP contribution in [0, 0.1) is 31.0 Å². The molecule has 0 spiro atoms. The third-order valence-electron chi connectivity index (χ3n) is 4.85. The molecule has 3 aromatic carbocycles. The van der Waals surface area contributed by atoms with Crippen LogP contribution in [0.5, 0.6) is 5.75 Å². The number of hydrogen-bond donors (Lipinski definition) is 1. The Balaban J connectivity index is 1.69. The summed E-state index contributed by atoms with van der Waals surface area (Å²) in [7, 11) is 0. The average Bonchev–Trinajstić information content (AvgIpc) is 2.75. The van der Waals surface area contributed by atoms with Crippen LogP contribution >= 0.6 is 11.6 Å². The predicted molar refractivity (Wildman–Crippen MR) is 120 cm³/mol. The van der Waals surface area contributed by atoms with Gasteiger partial charge >= 0.3 is 0 Å². The Hall–Kier alpha value is -3.62. The Morgan fingerprint density at radius 2 is 1.84 bits per heavy atom. The molecule has 0 heterocycles. The van der Waals surface area contributed by atoms with E-state index in [4.69, 9.17) is 16.3 Å². The zero-order valence-corrected chi connectivity index (χ0v) is 17.8. The number of nitriles is 1. The van der Waals surface area contributed by atoms with Gasteiger partial charge in [-0.3, -0.25) is 4.79 Å². The Labute approximate surface area is 185 Å². The van der Waals surface area contributed by atoms with Crippen LogP contribution in [-0.4, -0.2) is 5.91 Å². The summed E-state index contributed by atoms with van der Waals surface area (Å²) in [6, 6.07) is 18.8. The van der Waals surface area contributed by atoms with E-state index in [9.17, 15) is 14.4 Å². The monoisotopic (exact) mass is 434 g/mol. The van der Waals surface area contributed by atoms with Gasteiger partial charge in [0.25, 0.3) is 5.91 Å². The molecule has 156 valence electrons. The summed E-state index contributed by atoms with van der Waals surface area (Å²) >= 11 is 6.00. The maximum atomic E-state index is 13.8. The molecule has 0 radical (unpaired) electrons. The van der Waals surface area contributed by atoms with Gasteiger partial charge in [0, 0.05) is 11.3 Å². The van der Waals surface area contributed by atoms with Crippen molar-refractivity contribution < 1.29 is 13.9 Å². The molecule has 0 fully saturated rings. The van der Waals surface area contributed by atoms with Crippen molar-refractivity contribution in [1.82, 2.24) is 0 Å². The molecule has 0 bridgehead atoms. The van der Waals surface area contributed by atoms with Crippen molar-refractivity contribution in [3.05, 3.63) is 99.3 Å². The van der Waals surface area contributed by atoms with Crippen molar-refractivity contribution in [2.45, 2.75) is 20.5 Å². The number of aryl methyl sites for hydroxylation is 1. The van der Waals surface area contributed by atoms with E-state index in [0.717, 1.165) is 11.1 Å². The maximum Gasteiger partial charge on any atom is 0.266 e. The predicted octanol–water partition coefficient (Wildman–Crippen LogP) is 6.22. The van der Waals surface area contributed by atoms with Gasteiger partial charge in [-0.2, -0.15) is 5.26 Å². The Kier molecular flexibility index (Phi) is 7.07. The quantitative estimate of drug-likeness (QED) is 0.370. The summed E-state index contributed by atoms with van der Waals surface area (Å²) in [6.07, 6.45) is 1.50. The molecule has 0 saturated carbocycles. The van der Waals surface area contributed by atoms with Crippen molar-refractivity contribution in [3.8, 4) is 11.8 Å². The minimum Gasteiger partial charge on any atom is -0.489 e. The molecular weight excluding hydrogens is 415 g/mol. The zero-order valence-electron chi connectivity index (χ0n) is 17.1. The number of anilines is 1. The number of benzene rings is 3. The van der Waals surface area contributed by atoms with E-state index < -0.39 is 11.7 Å². The lowest BCUT2D eigenvalue weighted by Crippen LogP contribution is -2.14. The molecule has 31 heavy (non-hydrogen) atoms. The molecule has 0 aliphatic rings. The molecule has 4 nitrogen and oxygen atoms in total. The second-order valence-electron chi connectivity index (χ2n) is 6.93. The molecule has 6 heteroatoms. The first kappa shape index (κ1) is 22.1. The maximum absolute atomic E-state index is 13.8. The zero-order chi connectivity index (χ0) is 22.4. The smallest absolute Gasteiger partial charge is 0.266 e. The lowest BCUT2D eigenvalue weighted by atomic mass is 10.1. The normalized spacial score (nSPS) is 11.0. The lowest BCUT2D eigenvalue weighted by Gasteiger charge is -2.10. The molecule has 3 aromatic rings. The van der Waals surface area contributed by atoms with E-state index in [2.05, 4.69) is 5.32 Å². The van der Waals surface area contributed by atoms with Gasteiger partial charge in [0.05, 0.1) is 5.02 Å². The highest BCUT2D eigenvalue weighted by Gasteiger charge is 2.12. The Morgan fingerprint density at radius 1 is 1.13 bits per heavy atom. The number of ether oxygens (including phenoxy) is 1. The van der Waals surface area contributed by atoms with Crippen molar-refractivity contribution in [3.63, 3.8) is 0 Å². The number of rotatable bonds is 6. The summed E-state index contributed by atoms with van der Waals surface area (Å²) < 4.78 is 19.4. The second-order valence-corrected chi connectivity index (χ2v) is 7.34. The van der Waals surface area contributed by atoms with Crippen LogP contribution in [-0.2, 0) is 11.4 Å². The number of nitrogens with zero attached hydrogens (tertiary/aromatic N) is 1. The summed E-state index contributed by atoms with van der Waals surface area (Å²) in [6.45, 7) is 3.85. The van der Waals surface area contributed by atoms with Crippen LogP contribution in [0.15, 0.2) is 66.2 Å². The van der Waals surface area contributed by atoms with Crippen LogP contribution < -0.4 is 10.1 Å². The van der Waals surface area contributed by atoms with Crippen LogP contribution in [0.3, 0.4) is 0 Å². The van der Waals surface area contributed by atoms with Gasteiger partial charge in [-0.05, 0) is 66.9 Å². The van der Waals surface area contributed by atoms with Gasteiger partial charge in [0.15, 0.2) is 0 Å². The topological polar surface area (TPSA) is 62.1 Å². The fourth-order valence-electron chi connectivity index (χ4n) is 2.88. The van der Waals surface area contributed by atoms with E-state index in [1.807, 2.05) is 32.0 Å². The number of hydrogen-bond acceptors (Lipinski definition) is 3. The third kappa shape index (κ3) is 5.50. The summed E-state index contributed by atoms with van der Waals surface area (Å²) in [5.41, 5.74) is 3.58. The largest absolute Gasteiger partial charge is 0.489 e. The molecular formula is C25H20ClFN2O2. The number of amides is 1. The first-order valence-electron chi connectivity index (χ1n) is 9.54. The van der Waals surface area contributed by atoms with Gasteiger partial charge in [-0.25, -0.2) is 4.39 Å². The molecule has 0 unspecified atom stereocenters. The van der Waals surface area contributed by atoms with E-state index in [0.29, 0.717) is 22.0 Å². The average molecular weight is 435 g/mol. The first-order valence-corrected chi connectivity index (χ1v) is 9.92. The molecule has 0 aliphatic carbocycles. The van der Waals surface area contributed by atoms with E-state index in [1.54, 1.807) is 36.4 Å². The van der Waals surface area contributed by atoms with Crippen molar-refractivity contribution in [2.24, 2.45) is 0 Å². The highest BCUT2D eigenvalue weighted by atomic mass is 35.5. The van der Waals surface area contributed by atoms with Gasteiger partial charge < -0.3 is 10.1 Å². The van der Waals surface area contributed by atoms with Gasteiger partial charge in [-0.1, -0.05) is 41.9 Å². The Bertz CT molecular complexity index is 1160. The number of carbonyl (C=O) groups excluding carboxylic acids is 1. The van der Waals surface area contributed by atoms with E-state index in [1.165, 1.54) is 18.2 Å². The van der Waals surface area contributed by atoms with Gasteiger partial charge in [0.1, 0.15) is 29.8 Å². The second kappa shape index (κ2) is 9.92. The summed E-state index contributed by atoms with van der Waals surface area (Å²) in [5, 5.41) is 12.5. The number of halogens is 2. The third-order valence-corrected chi connectivity index (χ3v) is 5.21. The van der Waals surface area contributed by atoms with Crippen molar-refractivity contribution in [1.29, 1.82) is 5.26 Å². The van der Waals surface area contributed by atoms with Gasteiger partial charge in [0.2, 0.25) is 0 Å². The van der Waals surface area contributed by atoms with Crippen molar-refractivity contribution >= 4 is 29.3 Å². The molecule has 0 aromatic heterocycles. The molecule has 1 N–H and O–H groups in total.